The molecule has 0 N–H and O–H groups in total. The van der Waals surface area contributed by atoms with Crippen molar-refractivity contribution in [3.05, 3.63) is 176 Å². The van der Waals surface area contributed by atoms with Gasteiger partial charge in [-0.25, -0.2) is 15.0 Å². The lowest BCUT2D eigenvalue weighted by Crippen LogP contribution is -2.00. The number of hydrogen-bond acceptors (Lipinski definition) is 3. The van der Waals surface area contributed by atoms with Crippen LogP contribution in [-0.2, 0) is 0 Å². The SMILES string of the molecule is c1ccc(-c2nc(-c3ccccc3)nc(-c3ccc(-c4ccc(-c5ccccc5-c5ccccc5)cc4)c4ccccc34)n2)cc1. The Hall–Kier alpha value is -6.19. The maximum Gasteiger partial charge on any atom is 0.164 e. The van der Waals surface area contributed by atoms with Crippen LogP contribution in [0.25, 0.3) is 78.3 Å². The minimum atomic E-state index is 0.656. The van der Waals surface area contributed by atoms with E-state index >= 15 is 0 Å². The number of nitrogens with zero attached hydrogens (tertiary/aromatic N) is 3. The highest BCUT2D eigenvalue weighted by atomic mass is 15.0. The molecule has 7 aromatic carbocycles. The minimum absolute atomic E-state index is 0.656. The zero-order valence-corrected chi connectivity index (χ0v) is 25.1. The molecule has 8 rings (SSSR count). The van der Waals surface area contributed by atoms with Gasteiger partial charge in [-0.3, -0.25) is 0 Å². The highest BCUT2D eigenvalue weighted by Gasteiger charge is 2.16. The third kappa shape index (κ3) is 5.25. The standard InChI is InChI=1S/C43H29N3/c1-4-14-30(15-5-1)35-20-10-11-21-36(35)31-24-26-32(27-25-31)37-28-29-40(39-23-13-12-22-38(37)39)43-45-41(33-16-6-2-7-17-33)44-42(46-43)34-18-8-3-9-19-34/h1-29H. The van der Waals surface area contributed by atoms with Gasteiger partial charge in [0.1, 0.15) is 0 Å². The lowest BCUT2D eigenvalue weighted by atomic mass is 9.91. The van der Waals surface area contributed by atoms with Gasteiger partial charge < -0.3 is 0 Å². The van der Waals surface area contributed by atoms with Crippen LogP contribution >= 0.6 is 0 Å². The Morgan fingerprint density at radius 2 is 0.565 bits per heavy atom. The number of hydrogen-bond donors (Lipinski definition) is 0. The van der Waals surface area contributed by atoms with E-state index in [0.29, 0.717) is 17.5 Å². The Morgan fingerprint density at radius 1 is 0.217 bits per heavy atom. The molecule has 0 saturated heterocycles. The summed E-state index contributed by atoms with van der Waals surface area (Å²) >= 11 is 0. The second-order valence-electron chi connectivity index (χ2n) is 11.2. The smallest absolute Gasteiger partial charge is 0.164 e. The Balaban J connectivity index is 1.22. The fourth-order valence-electron chi connectivity index (χ4n) is 6.11. The van der Waals surface area contributed by atoms with Crippen molar-refractivity contribution in [2.45, 2.75) is 0 Å². The summed E-state index contributed by atoms with van der Waals surface area (Å²) in [4.78, 5) is 14.9. The summed E-state index contributed by atoms with van der Waals surface area (Å²) < 4.78 is 0. The van der Waals surface area contributed by atoms with E-state index in [1.807, 2.05) is 60.7 Å². The topological polar surface area (TPSA) is 38.7 Å². The molecule has 3 nitrogen and oxygen atoms in total. The van der Waals surface area contributed by atoms with Gasteiger partial charge >= 0.3 is 0 Å². The molecule has 0 saturated carbocycles. The highest BCUT2D eigenvalue weighted by molar-refractivity contribution is 6.04. The van der Waals surface area contributed by atoms with Gasteiger partial charge in [0.2, 0.25) is 0 Å². The summed E-state index contributed by atoms with van der Waals surface area (Å²) in [6.45, 7) is 0. The molecule has 0 aliphatic heterocycles. The first-order chi connectivity index (χ1) is 22.8. The van der Waals surface area contributed by atoms with E-state index < -0.39 is 0 Å². The van der Waals surface area contributed by atoms with E-state index in [4.69, 9.17) is 15.0 Å². The van der Waals surface area contributed by atoms with Crippen LogP contribution in [0.1, 0.15) is 0 Å². The molecular formula is C43H29N3. The van der Waals surface area contributed by atoms with Gasteiger partial charge in [-0.15, -0.1) is 0 Å². The minimum Gasteiger partial charge on any atom is -0.208 e. The molecule has 46 heavy (non-hydrogen) atoms. The van der Waals surface area contributed by atoms with E-state index in [0.717, 1.165) is 33.0 Å². The van der Waals surface area contributed by atoms with Crippen LogP contribution in [0.4, 0.5) is 0 Å². The van der Waals surface area contributed by atoms with Crippen LogP contribution < -0.4 is 0 Å². The van der Waals surface area contributed by atoms with E-state index in [-0.39, 0.29) is 0 Å². The van der Waals surface area contributed by atoms with Crippen molar-refractivity contribution in [2.24, 2.45) is 0 Å². The normalized spacial score (nSPS) is 11.0. The Labute approximate surface area is 268 Å². The van der Waals surface area contributed by atoms with Crippen molar-refractivity contribution in [1.82, 2.24) is 15.0 Å². The first-order valence-electron chi connectivity index (χ1n) is 15.5. The van der Waals surface area contributed by atoms with Crippen LogP contribution in [0.15, 0.2) is 176 Å². The second kappa shape index (κ2) is 12.1. The van der Waals surface area contributed by atoms with Crippen molar-refractivity contribution < 1.29 is 0 Å². The molecule has 0 amide bonds. The zero-order valence-electron chi connectivity index (χ0n) is 25.1. The summed E-state index contributed by atoms with van der Waals surface area (Å²) in [7, 11) is 0. The van der Waals surface area contributed by atoms with Gasteiger partial charge in [0.05, 0.1) is 0 Å². The summed E-state index contributed by atoms with van der Waals surface area (Å²) in [5.74, 6) is 1.97. The van der Waals surface area contributed by atoms with Crippen LogP contribution in [0.3, 0.4) is 0 Å². The molecule has 0 aliphatic rings. The number of benzene rings is 7. The quantitative estimate of drug-likeness (QED) is 0.194. The van der Waals surface area contributed by atoms with Crippen LogP contribution in [0.5, 0.6) is 0 Å². The molecule has 0 radical (unpaired) electrons. The molecule has 1 aromatic heterocycles. The Bertz CT molecular complexity index is 2220. The van der Waals surface area contributed by atoms with Gasteiger partial charge in [0.25, 0.3) is 0 Å². The molecule has 0 unspecified atom stereocenters. The van der Waals surface area contributed by atoms with E-state index in [9.17, 15) is 0 Å². The molecule has 1 heterocycles. The Kier molecular flexibility index (Phi) is 7.18. The van der Waals surface area contributed by atoms with E-state index in [1.54, 1.807) is 0 Å². The molecule has 0 aliphatic carbocycles. The van der Waals surface area contributed by atoms with Crippen LogP contribution in [0.2, 0.25) is 0 Å². The fraction of sp³-hybridized carbons (Fsp3) is 0. The third-order valence-electron chi connectivity index (χ3n) is 8.38. The molecule has 0 bridgehead atoms. The predicted octanol–water partition coefficient (Wildman–Crippen LogP) is 11.0. The maximum absolute atomic E-state index is 5.01. The Morgan fingerprint density at radius 3 is 1.09 bits per heavy atom. The van der Waals surface area contributed by atoms with E-state index in [2.05, 4.69) is 115 Å². The average Bonchev–Trinajstić information content (AvgIpc) is 3.15. The lowest BCUT2D eigenvalue weighted by Gasteiger charge is -2.14. The molecular weight excluding hydrogens is 558 g/mol. The van der Waals surface area contributed by atoms with E-state index in [1.165, 1.54) is 27.8 Å². The monoisotopic (exact) mass is 587 g/mol. The summed E-state index contributed by atoms with van der Waals surface area (Å²) in [6, 6.07) is 61.1. The predicted molar refractivity (Wildman–Crippen MR) is 190 cm³/mol. The largest absolute Gasteiger partial charge is 0.208 e. The molecule has 0 atom stereocenters. The summed E-state index contributed by atoms with van der Waals surface area (Å²) in [6.07, 6.45) is 0. The van der Waals surface area contributed by atoms with Crippen molar-refractivity contribution in [1.29, 1.82) is 0 Å². The second-order valence-corrected chi connectivity index (χ2v) is 11.2. The maximum atomic E-state index is 5.01. The first kappa shape index (κ1) is 27.4. The molecule has 8 aromatic rings. The van der Waals surface area contributed by atoms with Crippen molar-refractivity contribution in [2.75, 3.05) is 0 Å². The molecule has 0 spiro atoms. The fourth-order valence-corrected chi connectivity index (χ4v) is 6.11. The first-order valence-corrected chi connectivity index (χ1v) is 15.5. The van der Waals surface area contributed by atoms with Crippen LogP contribution in [0, 0.1) is 0 Å². The summed E-state index contributed by atoms with van der Waals surface area (Å²) in [5, 5.41) is 2.25. The van der Waals surface area contributed by atoms with Gasteiger partial charge in [0.15, 0.2) is 17.5 Å². The van der Waals surface area contributed by atoms with Gasteiger partial charge in [-0.2, -0.15) is 0 Å². The van der Waals surface area contributed by atoms with Gasteiger partial charge in [0, 0.05) is 16.7 Å². The number of fused-ring (bicyclic) bond motifs is 1. The van der Waals surface area contributed by atoms with Crippen molar-refractivity contribution in [3.8, 4) is 67.5 Å². The number of aromatic nitrogens is 3. The molecule has 0 fully saturated rings. The highest BCUT2D eigenvalue weighted by Crippen LogP contribution is 2.37. The number of rotatable bonds is 6. The zero-order chi connectivity index (χ0) is 30.7. The lowest BCUT2D eigenvalue weighted by molar-refractivity contribution is 1.08. The van der Waals surface area contributed by atoms with Crippen molar-refractivity contribution in [3.63, 3.8) is 0 Å². The molecule has 216 valence electrons. The van der Waals surface area contributed by atoms with Crippen molar-refractivity contribution >= 4 is 10.8 Å². The van der Waals surface area contributed by atoms with Crippen LogP contribution in [-0.4, -0.2) is 15.0 Å². The average molecular weight is 588 g/mol. The van der Waals surface area contributed by atoms with Gasteiger partial charge in [-0.1, -0.05) is 170 Å². The van der Waals surface area contributed by atoms with Gasteiger partial charge in [-0.05, 0) is 50.2 Å². The summed E-state index contributed by atoms with van der Waals surface area (Å²) in [5.41, 5.74) is 10.1. The third-order valence-corrected chi connectivity index (χ3v) is 8.38. The molecule has 3 heteroatoms.